The van der Waals surface area contributed by atoms with Crippen molar-refractivity contribution >= 4 is 30.2 Å². The Morgan fingerprint density at radius 2 is 0.941 bits per heavy atom. The van der Waals surface area contributed by atoms with Crippen molar-refractivity contribution in [3.8, 4) is 5.75 Å². The van der Waals surface area contributed by atoms with E-state index in [0.29, 0.717) is 0 Å². The standard InChI is InChI=1S/C30H37O3P/c1-28(2,3)22-16-10-11-19-25(22)31-34-32-26-20(14-12-17-23(26)29(4,5)6)21-15-13-18-24(27(21)33-34)30(7,8)9/h10-19H,1-9H3. The number of hydrogen-bond acceptors (Lipinski definition) is 3. The van der Waals surface area contributed by atoms with Crippen molar-refractivity contribution in [1.82, 2.24) is 0 Å². The Kier molecular flexibility index (Phi) is 6.15. The molecule has 0 spiro atoms. The van der Waals surface area contributed by atoms with Crippen molar-refractivity contribution in [2.75, 3.05) is 0 Å². The first-order valence-electron chi connectivity index (χ1n) is 12.0. The highest BCUT2D eigenvalue weighted by atomic mass is 31.1. The molecule has 0 atom stereocenters. The van der Waals surface area contributed by atoms with Gasteiger partial charge < -0.3 is 12.9 Å². The molecule has 0 unspecified atom stereocenters. The third kappa shape index (κ3) is 4.77. The van der Waals surface area contributed by atoms with Crippen molar-refractivity contribution < 1.29 is 12.9 Å². The maximum Gasteiger partial charge on any atom is 0.453 e. The summed E-state index contributed by atoms with van der Waals surface area (Å²) in [6.45, 7) is 19.8. The van der Waals surface area contributed by atoms with E-state index < -0.39 is 8.24 Å². The molecular weight excluding hydrogens is 439 g/mol. The van der Waals surface area contributed by atoms with Crippen LogP contribution in [-0.2, 0) is 16.2 Å². The molecule has 0 aliphatic rings. The summed E-state index contributed by atoms with van der Waals surface area (Å²) in [6, 6.07) is 20.9. The van der Waals surface area contributed by atoms with Gasteiger partial charge >= 0.3 is 8.24 Å². The summed E-state index contributed by atoms with van der Waals surface area (Å²) in [5, 5.41) is 2.09. The third-order valence-electron chi connectivity index (χ3n) is 6.14. The molecule has 0 bridgehead atoms. The summed E-state index contributed by atoms with van der Waals surface area (Å²) in [6.07, 6.45) is 0. The molecule has 4 aromatic rings. The van der Waals surface area contributed by atoms with Gasteiger partial charge in [-0.3, -0.25) is 0 Å². The van der Waals surface area contributed by atoms with Gasteiger partial charge in [-0.2, -0.15) is 0 Å². The fourth-order valence-electron chi connectivity index (χ4n) is 4.33. The second-order valence-electron chi connectivity index (χ2n) is 12.1. The first kappa shape index (κ1) is 24.5. The topological polar surface area (TPSA) is 35.5 Å². The van der Waals surface area contributed by atoms with Crippen LogP contribution >= 0.6 is 8.24 Å². The number of benzene rings is 3. The predicted octanol–water partition coefficient (Wildman–Crippen LogP) is 10.0. The molecule has 0 aliphatic carbocycles. The lowest BCUT2D eigenvalue weighted by Crippen LogP contribution is -2.12. The van der Waals surface area contributed by atoms with E-state index in [0.717, 1.165) is 44.4 Å². The van der Waals surface area contributed by atoms with Crippen LogP contribution < -0.4 is 4.52 Å². The van der Waals surface area contributed by atoms with Gasteiger partial charge in [-0.25, -0.2) is 0 Å². The highest BCUT2D eigenvalue weighted by Gasteiger charge is 2.25. The second-order valence-corrected chi connectivity index (χ2v) is 13.1. The minimum absolute atomic E-state index is 0.0687. The van der Waals surface area contributed by atoms with Crippen LogP contribution in [0.4, 0.5) is 0 Å². The summed E-state index contributed by atoms with van der Waals surface area (Å²) >= 11 is 0. The number of hydrogen-bond donors (Lipinski definition) is 0. The molecule has 0 saturated heterocycles. The largest absolute Gasteiger partial charge is 0.453 e. The molecule has 4 heteroatoms. The number of rotatable bonds is 2. The molecule has 0 fully saturated rings. The summed E-state index contributed by atoms with van der Waals surface area (Å²) in [5.74, 6) is 0.799. The minimum atomic E-state index is -1.74. The van der Waals surface area contributed by atoms with E-state index in [4.69, 9.17) is 12.9 Å². The van der Waals surface area contributed by atoms with Gasteiger partial charge in [-0.05, 0) is 22.3 Å². The van der Waals surface area contributed by atoms with Crippen LogP contribution in [0.2, 0.25) is 0 Å². The lowest BCUT2D eigenvalue weighted by atomic mass is 9.84. The molecule has 34 heavy (non-hydrogen) atoms. The Hall–Kier alpha value is -2.64. The zero-order valence-corrected chi connectivity index (χ0v) is 22.8. The molecule has 0 amide bonds. The summed E-state index contributed by atoms with van der Waals surface area (Å²) in [7, 11) is -1.74. The van der Waals surface area contributed by atoms with Gasteiger partial charge in [0.1, 0.15) is 16.9 Å². The van der Waals surface area contributed by atoms with Gasteiger partial charge in [0, 0.05) is 27.5 Å². The smallest absolute Gasteiger partial charge is 0.390 e. The number of fused-ring (bicyclic) bond motifs is 3. The summed E-state index contributed by atoms with van der Waals surface area (Å²) in [5.41, 5.74) is 4.84. The molecule has 0 N–H and O–H groups in total. The fraction of sp³-hybridized carbons (Fsp3) is 0.400. The minimum Gasteiger partial charge on any atom is -0.390 e. The van der Waals surface area contributed by atoms with Crippen molar-refractivity contribution in [2.45, 2.75) is 78.6 Å². The summed E-state index contributed by atoms with van der Waals surface area (Å²) in [4.78, 5) is 0. The Morgan fingerprint density at radius 3 is 1.38 bits per heavy atom. The molecule has 4 rings (SSSR count). The van der Waals surface area contributed by atoms with Gasteiger partial charge in [0.2, 0.25) is 0 Å². The van der Waals surface area contributed by atoms with Crippen molar-refractivity contribution in [3.63, 3.8) is 0 Å². The summed E-state index contributed by atoms with van der Waals surface area (Å²) < 4.78 is 19.9. The van der Waals surface area contributed by atoms with Crippen LogP contribution in [0, 0.1) is 0 Å². The average Bonchev–Trinajstić information content (AvgIpc) is 2.87. The average molecular weight is 477 g/mol. The third-order valence-corrected chi connectivity index (χ3v) is 7.14. The van der Waals surface area contributed by atoms with Gasteiger partial charge in [-0.1, -0.05) is 117 Å². The van der Waals surface area contributed by atoms with Crippen LogP contribution in [0.3, 0.4) is 0 Å². The molecule has 1 aromatic heterocycles. The van der Waals surface area contributed by atoms with E-state index in [1.165, 1.54) is 0 Å². The predicted molar refractivity (Wildman–Crippen MR) is 145 cm³/mol. The van der Waals surface area contributed by atoms with Crippen molar-refractivity contribution in [1.29, 1.82) is 0 Å². The molecule has 0 saturated carbocycles. The van der Waals surface area contributed by atoms with Crippen LogP contribution in [0.1, 0.15) is 79.0 Å². The maximum atomic E-state index is 6.66. The van der Waals surface area contributed by atoms with Crippen LogP contribution in [0.25, 0.3) is 21.9 Å². The van der Waals surface area contributed by atoms with Crippen LogP contribution in [0.5, 0.6) is 5.75 Å². The molecule has 3 aromatic carbocycles. The SMILES string of the molecule is CC(C)(C)c1ccccc1Op1oc2c(C(C)(C)C)cccc2c2cccc(C(C)(C)C)c2o1. The Bertz CT molecular complexity index is 1300. The van der Waals surface area contributed by atoms with Crippen molar-refractivity contribution in [2.24, 2.45) is 0 Å². The zero-order chi connectivity index (χ0) is 24.9. The monoisotopic (exact) mass is 476 g/mol. The fourth-order valence-corrected chi connectivity index (χ4v) is 5.45. The highest BCUT2D eigenvalue weighted by Crippen LogP contribution is 2.44. The van der Waals surface area contributed by atoms with Gasteiger partial charge in [0.05, 0.1) is 0 Å². The van der Waals surface area contributed by atoms with Gasteiger partial charge in [0.25, 0.3) is 0 Å². The Labute approximate surface area is 204 Å². The van der Waals surface area contributed by atoms with Crippen LogP contribution in [-0.4, -0.2) is 0 Å². The Morgan fingerprint density at radius 1 is 0.529 bits per heavy atom. The van der Waals surface area contributed by atoms with E-state index >= 15 is 0 Å². The molecule has 0 radical (unpaired) electrons. The lowest BCUT2D eigenvalue weighted by Gasteiger charge is -2.22. The van der Waals surface area contributed by atoms with E-state index in [-0.39, 0.29) is 16.2 Å². The number of para-hydroxylation sites is 3. The Balaban J connectivity index is 2.12. The molecule has 180 valence electrons. The highest BCUT2D eigenvalue weighted by molar-refractivity contribution is 7.32. The van der Waals surface area contributed by atoms with E-state index in [2.05, 4.69) is 111 Å². The first-order chi connectivity index (χ1) is 15.8. The quantitative estimate of drug-likeness (QED) is 0.289. The van der Waals surface area contributed by atoms with E-state index in [9.17, 15) is 0 Å². The maximum absolute atomic E-state index is 6.66. The normalized spacial score (nSPS) is 12.9. The molecular formula is C30H37O3P. The molecule has 3 nitrogen and oxygen atoms in total. The molecule has 1 heterocycles. The van der Waals surface area contributed by atoms with Gasteiger partial charge in [-0.15, -0.1) is 0 Å². The van der Waals surface area contributed by atoms with Crippen LogP contribution in [0.15, 0.2) is 69.1 Å². The second kappa shape index (κ2) is 8.54. The van der Waals surface area contributed by atoms with Gasteiger partial charge in [0.15, 0.2) is 0 Å². The van der Waals surface area contributed by atoms with E-state index in [1.807, 2.05) is 12.1 Å². The molecule has 0 aliphatic heterocycles. The first-order valence-corrected chi connectivity index (χ1v) is 13.1. The van der Waals surface area contributed by atoms with Crippen molar-refractivity contribution in [3.05, 3.63) is 77.4 Å². The zero-order valence-electron chi connectivity index (χ0n) is 21.9. The van der Waals surface area contributed by atoms with E-state index in [1.54, 1.807) is 0 Å². The lowest BCUT2D eigenvalue weighted by molar-refractivity contribution is 0.472.